The SMILES string of the molecule is CCOc1ccc(N=c2scc(-c3ccccc3)n2CC2CCCO2)cc1. The van der Waals surface area contributed by atoms with E-state index in [4.69, 9.17) is 14.5 Å². The molecule has 0 bridgehead atoms. The lowest BCUT2D eigenvalue weighted by atomic mass is 10.1. The molecular formula is C22H24N2O2S. The molecule has 4 nitrogen and oxygen atoms in total. The minimum absolute atomic E-state index is 0.265. The number of aromatic nitrogens is 1. The summed E-state index contributed by atoms with van der Waals surface area (Å²) in [4.78, 5) is 5.89. The third kappa shape index (κ3) is 4.31. The highest BCUT2D eigenvalue weighted by molar-refractivity contribution is 7.07. The van der Waals surface area contributed by atoms with Gasteiger partial charge in [-0.05, 0) is 49.6 Å². The van der Waals surface area contributed by atoms with Crippen molar-refractivity contribution in [3.05, 3.63) is 64.8 Å². The summed E-state index contributed by atoms with van der Waals surface area (Å²) in [7, 11) is 0. The molecular weight excluding hydrogens is 356 g/mol. The van der Waals surface area contributed by atoms with Gasteiger partial charge >= 0.3 is 0 Å². The number of ether oxygens (including phenoxy) is 2. The standard InChI is InChI=1S/C22H24N2O2S/c1-2-25-19-12-10-18(11-13-19)23-22-24(15-20-9-6-14-26-20)21(16-27-22)17-7-4-3-5-8-17/h3-5,7-8,10-13,16,20H,2,6,9,14-15H2,1H3. The summed E-state index contributed by atoms with van der Waals surface area (Å²) in [6.45, 7) is 4.36. The van der Waals surface area contributed by atoms with Crippen molar-refractivity contribution < 1.29 is 9.47 Å². The van der Waals surface area contributed by atoms with Crippen LogP contribution in [0, 0.1) is 0 Å². The number of hydrogen-bond acceptors (Lipinski definition) is 4. The molecule has 27 heavy (non-hydrogen) atoms. The summed E-state index contributed by atoms with van der Waals surface area (Å²) in [5, 5.41) is 2.19. The van der Waals surface area contributed by atoms with Crippen molar-refractivity contribution in [2.75, 3.05) is 13.2 Å². The van der Waals surface area contributed by atoms with Crippen molar-refractivity contribution >= 4 is 17.0 Å². The van der Waals surface area contributed by atoms with Crippen LogP contribution in [0.25, 0.3) is 11.3 Å². The topological polar surface area (TPSA) is 35.8 Å². The molecule has 4 rings (SSSR count). The van der Waals surface area contributed by atoms with E-state index in [2.05, 4.69) is 34.2 Å². The van der Waals surface area contributed by atoms with E-state index in [0.29, 0.717) is 6.61 Å². The molecule has 0 amide bonds. The Kier molecular flexibility index (Phi) is 5.70. The third-order valence-electron chi connectivity index (χ3n) is 4.65. The summed E-state index contributed by atoms with van der Waals surface area (Å²) in [6, 6.07) is 18.4. The highest BCUT2D eigenvalue weighted by Crippen LogP contribution is 2.24. The molecule has 0 aliphatic carbocycles. The second kappa shape index (κ2) is 8.55. The average Bonchev–Trinajstić information content (AvgIpc) is 3.35. The molecule has 0 N–H and O–H groups in total. The summed E-state index contributed by atoms with van der Waals surface area (Å²) < 4.78 is 13.7. The van der Waals surface area contributed by atoms with Gasteiger partial charge in [-0.1, -0.05) is 30.3 Å². The van der Waals surface area contributed by atoms with Gasteiger partial charge in [-0.2, -0.15) is 0 Å². The molecule has 1 atom stereocenters. The molecule has 140 valence electrons. The van der Waals surface area contributed by atoms with Gasteiger partial charge in [-0.15, -0.1) is 11.3 Å². The zero-order valence-corrected chi connectivity index (χ0v) is 16.3. The van der Waals surface area contributed by atoms with Crippen LogP contribution < -0.4 is 9.54 Å². The van der Waals surface area contributed by atoms with Crippen LogP contribution >= 0.6 is 11.3 Å². The Labute approximate surface area is 163 Å². The second-order valence-corrected chi connectivity index (χ2v) is 7.39. The van der Waals surface area contributed by atoms with Gasteiger partial charge in [0.15, 0.2) is 4.80 Å². The molecule has 3 aromatic rings. The molecule has 0 spiro atoms. The number of nitrogens with zero attached hydrogens (tertiary/aromatic N) is 2. The van der Waals surface area contributed by atoms with E-state index in [-0.39, 0.29) is 6.10 Å². The second-order valence-electron chi connectivity index (χ2n) is 6.55. The molecule has 1 aliphatic rings. The van der Waals surface area contributed by atoms with Crippen LogP contribution in [-0.2, 0) is 11.3 Å². The zero-order valence-electron chi connectivity index (χ0n) is 15.5. The van der Waals surface area contributed by atoms with Gasteiger partial charge < -0.3 is 14.0 Å². The average molecular weight is 381 g/mol. The van der Waals surface area contributed by atoms with Crippen LogP contribution in [0.2, 0.25) is 0 Å². The van der Waals surface area contributed by atoms with Crippen molar-refractivity contribution in [1.29, 1.82) is 0 Å². The zero-order chi connectivity index (χ0) is 18.5. The number of thiazole rings is 1. The fourth-order valence-corrected chi connectivity index (χ4v) is 4.26. The Balaban J connectivity index is 1.71. The van der Waals surface area contributed by atoms with E-state index < -0.39 is 0 Å². The van der Waals surface area contributed by atoms with E-state index in [1.54, 1.807) is 11.3 Å². The lowest BCUT2D eigenvalue weighted by Crippen LogP contribution is -2.23. The molecule has 5 heteroatoms. The monoisotopic (exact) mass is 380 g/mol. The Morgan fingerprint density at radius 2 is 1.96 bits per heavy atom. The Hall–Kier alpha value is -2.37. The minimum Gasteiger partial charge on any atom is -0.494 e. The van der Waals surface area contributed by atoms with Crippen LogP contribution in [0.15, 0.2) is 65.0 Å². The van der Waals surface area contributed by atoms with Crippen LogP contribution in [0.1, 0.15) is 19.8 Å². The maximum atomic E-state index is 5.89. The van der Waals surface area contributed by atoms with E-state index in [9.17, 15) is 0 Å². The van der Waals surface area contributed by atoms with Crippen LogP contribution in [0.3, 0.4) is 0 Å². The van der Waals surface area contributed by atoms with E-state index >= 15 is 0 Å². The van der Waals surface area contributed by atoms with Gasteiger partial charge in [0.2, 0.25) is 0 Å². The van der Waals surface area contributed by atoms with Gasteiger partial charge in [-0.25, -0.2) is 4.99 Å². The van der Waals surface area contributed by atoms with Gasteiger partial charge in [0, 0.05) is 12.0 Å². The van der Waals surface area contributed by atoms with Gasteiger partial charge in [0.25, 0.3) is 0 Å². The van der Waals surface area contributed by atoms with Crippen LogP contribution in [-0.4, -0.2) is 23.9 Å². The maximum absolute atomic E-state index is 5.89. The summed E-state index contributed by atoms with van der Waals surface area (Å²) in [5.74, 6) is 0.875. The molecule has 1 unspecified atom stereocenters. The first kappa shape index (κ1) is 18.0. The normalized spacial score (nSPS) is 17.4. The number of hydrogen-bond donors (Lipinski definition) is 0. The predicted octanol–water partition coefficient (Wildman–Crippen LogP) is 5.03. The van der Waals surface area contributed by atoms with Crippen LogP contribution in [0.5, 0.6) is 5.75 Å². The molecule has 0 saturated carbocycles. The molecule has 2 aromatic carbocycles. The molecule has 1 aromatic heterocycles. The Morgan fingerprint density at radius 3 is 2.67 bits per heavy atom. The molecule has 0 radical (unpaired) electrons. The Morgan fingerprint density at radius 1 is 1.15 bits per heavy atom. The lowest BCUT2D eigenvalue weighted by Gasteiger charge is -2.14. The van der Waals surface area contributed by atoms with Gasteiger partial charge in [-0.3, -0.25) is 0 Å². The van der Waals surface area contributed by atoms with E-state index in [1.165, 1.54) is 11.3 Å². The maximum Gasteiger partial charge on any atom is 0.190 e. The van der Waals surface area contributed by atoms with Gasteiger partial charge in [0.1, 0.15) is 5.75 Å². The van der Waals surface area contributed by atoms with Crippen molar-refractivity contribution in [2.24, 2.45) is 4.99 Å². The smallest absolute Gasteiger partial charge is 0.190 e. The molecule has 2 heterocycles. The predicted molar refractivity (Wildman–Crippen MR) is 110 cm³/mol. The fraction of sp³-hybridized carbons (Fsp3) is 0.318. The summed E-state index contributed by atoms with van der Waals surface area (Å²) >= 11 is 1.67. The molecule has 1 aliphatic heterocycles. The number of benzene rings is 2. The number of rotatable bonds is 6. The van der Waals surface area contributed by atoms with Gasteiger partial charge in [0.05, 0.1) is 30.6 Å². The third-order valence-corrected chi connectivity index (χ3v) is 5.51. The first-order valence-corrected chi connectivity index (χ1v) is 10.3. The highest BCUT2D eigenvalue weighted by Gasteiger charge is 2.19. The first-order chi connectivity index (χ1) is 13.3. The minimum atomic E-state index is 0.265. The lowest BCUT2D eigenvalue weighted by molar-refractivity contribution is 0.0968. The fourth-order valence-electron chi connectivity index (χ4n) is 3.32. The van der Waals surface area contributed by atoms with Crippen LogP contribution in [0.4, 0.5) is 5.69 Å². The molecule has 1 fully saturated rings. The van der Waals surface area contributed by atoms with Crippen molar-refractivity contribution in [3.8, 4) is 17.0 Å². The quantitative estimate of drug-likeness (QED) is 0.601. The Bertz CT molecular complexity index is 923. The highest BCUT2D eigenvalue weighted by atomic mass is 32.1. The summed E-state index contributed by atoms with van der Waals surface area (Å²) in [6.07, 6.45) is 2.52. The first-order valence-electron chi connectivity index (χ1n) is 9.46. The van der Waals surface area contributed by atoms with E-state index in [1.807, 2.05) is 37.3 Å². The molecule has 1 saturated heterocycles. The summed E-state index contributed by atoms with van der Waals surface area (Å²) in [5.41, 5.74) is 3.33. The van der Waals surface area contributed by atoms with Crippen molar-refractivity contribution in [3.63, 3.8) is 0 Å². The van der Waals surface area contributed by atoms with Crippen molar-refractivity contribution in [2.45, 2.75) is 32.4 Å². The largest absolute Gasteiger partial charge is 0.494 e. The van der Waals surface area contributed by atoms with E-state index in [0.717, 1.165) is 42.2 Å². The van der Waals surface area contributed by atoms with Crippen molar-refractivity contribution in [1.82, 2.24) is 4.57 Å².